The summed E-state index contributed by atoms with van der Waals surface area (Å²) in [5, 5.41) is 4.03. The standard InChI is InChI=1S/C40H38Cl2N4O3/c1-2-10-31(37(43)47)33(22-25-11-8-12-25)39(48)45-38-40(49)46(24-26-13-9-16-28(21-26)30-20-19-29(41)23-34(30)42)35-18-7-6-17-32(35)36(44-38)27-14-4-3-5-15-27/h2-7,9,13-21,23,25,31,33,38H,1,8,10-12,22,24H2,(H2,43,47)(H,45,48). The Bertz CT molecular complexity index is 1910. The van der Waals surface area contributed by atoms with E-state index in [0.717, 1.165) is 47.1 Å². The fraction of sp³-hybridized carbons (Fsp3) is 0.250. The molecular formula is C40H38Cl2N4O3. The van der Waals surface area contributed by atoms with Gasteiger partial charge >= 0.3 is 0 Å². The number of rotatable bonds is 12. The van der Waals surface area contributed by atoms with Gasteiger partial charge in [0.05, 0.1) is 29.8 Å². The van der Waals surface area contributed by atoms with Gasteiger partial charge in [0.25, 0.3) is 5.91 Å². The van der Waals surface area contributed by atoms with E-state index < -0.39 is 35.7 Å². The predicted molar refractivity (Wildman–Crippen MR) is 196 cm³/mol. The lowest BCUT2D eigenvalue weighted by atomic mass is 9.74. The molecule has 2 aliphatic rings. The molecule has 0 spiro atoms. The van der Waals surface area contributed by atoms with Crippen molar-refractivity contribution in [2.75, 3.05) is 4.90 Å². The van der Waals surface area contributed by atoms with Gasteiger partial charge in [-0.15, -0.1) is 6.58 Å². The number of primary amides is 1. The molecule has 3 N–H and O–H groups in total. The monoisotopic (exact) mass is 692 g/mol. The number of halogens is 2. The molecule has 1 saturated carbocycles. The van der Waals surface area contributed by atoms with Crippen LogP contribution in [0.15, 0.2) is 115 Å². The zero-order valence-corrected chi connectivity index (χ0v) is 28.5. The van der Waals surface area contributed by atoms with Gasteiger partial charge in [-0.3, -0.25) is 14.4 Å². The first-order valence-corrected chi connectivity index (χ1v) is 17.3. The number of amides is 3. The lowest BCUT2D eigenvalue weighted by Crippen LogP contribution is -2.51. The summed E-state index contributed by atoms with van der Waals surface area (Å²) >= 11 is 12.7. The van der Waals surface area contributed by atoms with Crippen LogP contribution in [-0.2, 0) is 20.9 Å². The number of para-hydroxylation sites is 1. The lowest BCUT2D eigenvalue weighted by molar-refractivity contribution is -0.136. The number of benzene rings is 4. The van der Waals surface area contributed by atoms with E-state index in [4.69, 9.17) is 33.9 Å². The van der Waals surface area contributed by atoms with Crippen LogP contribution in [0.3, 0.4) is 0 Å². The number of carbonyl (C=O) groups excluding carboxylic acids is 3. The Morgan fingerprint density at radius 1 is 0.918 bits per heavy atom. The summed E-state index contributed by atoms with van der Waals surface area (Å²) in [5.74, 6) is -2.52. The van der Waals surface area contributed by atoms with Gasteiger partial charge in [0, 0.05) is 26.7 Å². The van der Waals surface area contributed by atoms with Crippen LogP contribution in [0.1, 0.15) is 48.8 Å². The van der Waals surface area contributed by atoms with Crippen molar-refractivity contribution < 1.29 is 14.4 Å². The first-order chi connectivity index (χ1) is 23.7. The second-order valence-electron chi connectivity index (χ2n) is 12.7. The zero-order valence-electron chi connectivity index (χ0n) is 27.0. The molecule has 0 aromatic heterocycles. The third-order valence-corrected chi connectivity index (χ3v) is 10.0. The molecule has 0 bridgehead atoms. The molecule has 1 aliphatic heterocycles. The topological polar surface area (TPSA) is 105 Å². The van der Waals surface area contributed by atoms with Gasteiger partial charge in [-0.05, 0) is 54.2 Å². The number of carbonyl (C=O) groups is 3. The molecule has 4 aromatic carbocycles. The van der Waals surface area contributed by atoms with Crippen molar-refractivity contribution in [3.8, 4) is 11.1 Å². The lowest BCUT2D eigenvalue weighted by Gasteiger charge is -2.33. The molecule has 49 heavy (non-hydrogen) atoms. The van der Waals surface area contributed by atoms with Crippen LogP contribution in [0.25, 0.3) is 11.1 Å². The first-order valence-electron chi connectivity index (χ1n) is 16.5. The average Bonchev–Trinajstić information content (AvgIpc) is 3.18. The maximum Gasteiger partial charge on any atom is 0.272 e. The molecule has 1 aliphatic carbocycles. The van der Waals surface area contributed by atoms with Gasteiger partial charge in [0.1, 0.15) is 0 Å². The minimum absolute atomic E-state index is 0.199. The van der Waals surface area contributed by atoms with E-state index in [0.29, 0.717) is 33.8 Å². The number of allylic oxidation sites excluding steroid dienone is 1. The maximum atomic E-state index is 14.7. The Morgan fingerprint density at radius 2 is 1.65 bits per heavy atom. The number of nitrogens with one attached hydrogen (secondary N) is 1. The zero-order chi connectivity index (χ0) is 34.5. The predicted octanol–water partition coefficient (Wildman–Crippen LogP) is 7.97. The number of hydrogen-bond acceptors (Lipinski definition) is 4. The van der Waals surface area contributed by atoms with E-state index in [1.807, 2.05) is 84.9 Å². The number of benzodiazepines with no additional fused rings is 1. The number of aliphatic imine (C=N–C) groups is 1. The van der Waals surface area contributed by atoms with Crippen LogP contribution in [0.5, 0.6) is 0 Å². The molecule has 3 atom stereocenters. The largest absolute Gasteiger partial charge is 0.369 e. The fourth-order valence-corrected chi connectivity index (χ4v) is 7.22. The molecule has 7 nitrogen and oxygen atoms in total. The number of hydrogen-bond donors (Lipinski definition) is 2. The maximum absolute atomic E-state index is 14.7. The van der Waals surface area contributed by atoms with Crippen molar-refractivity contribution in [1.82, 2.24) is 5.32 Å². The quantitative estimate of drug-likeness (QED) is 0.147. The third-order valence-electron chi connectivity index (χ3n) is 9.46. The van der Waals surface area contributed by atoms with Crippen molar-refractivity contribution in [2.24, 2.45) is 28.5 Å². The van der Waals surface area contributed by atoms with E-state index in [1.54, 1.807) is 23.1 Å². The second-order valence-corrected chi connectivity index (χ2v) is 13.5. The van der Waals surface area contributed by atoms with Gasteiger partial charge in [-0.1, -0.05) is 121 Å². The smallest absolute Gasteiger partial charge is 0.272 e. The summed E-state index contributed by atoms with van der Waals surface area (Å²) in [7, 11) is 0. The second kappa shape index (κ2) is 15.2. The third kappa shape index (κ3) is 7.64. The van der Waals surface area contributed by atoms with Crippen molar-refractivity contribution >= 4 is 52.3 Å². The highest BCUT2D eigenvalue weighted by molar-refractivity contribution is 6.36. The van der Waals surface area contributed by atoms with Crippen LogP contribution >= 0.6 is 23.2 Å². The van der Waals surface area contributed by atoms with Crippen LogP contribution in [-0.4, -0.2) is 29.6 Å². The SMILES string of the molecule is C=CCC(C(N)=O)C(CC1CCC1)C(=O)NC1N=C(c2ccccc2)c2ccccc2N(Cc2cccc(-c3ccc(Cl)cc3Cl)c2)C1=O. The molecule has 3 unspecified atom stereocenters. The van der Waals surface area contributed by atoms with E-state index in [2.05, 4.69) is 11.9 Å². The molecular weight excluding hydrogens is 655 g/mol. The van der Waals surface area contributed by atoms with Gasteiger partial charge < -0.3 is 16.0 Å². The summed E-state index contributed by atoms with van der Waals surface area (Å²) in [5.41, 5.74) is 11.2. The number of anilines is 1. The van der Waals surface area contributed by atoms with Crippen LogP contribution in [0, 0.1) is 17.8 Å². The van der Waals surface area contributed by atoms with E-state index in [9.17, 15) is 14.4 Å². The highest BCUT2D eigenvalue weighted by Crippen LogP contribution is 2.37. The van der Waals surface area contributed by atoms with Crippen molar-refractivity contribution in [2.45, 2.75) is 44.8 Å². The number of nitrogens with two attached hydrogens (primary N) is 1. The highest BCUT2D eigenvalue weighted by Gasteiger charge is 2.39. The molecule has 6 rings (SSSR count). The molecule has 1 heterocycles. The van der Waals surface area contributed by atoms with Crippen molar-refractivity contribution in [1.29, 1.82) is 0 Å². The molecule has 4 aromatic rings. The molecule has 250 valence electrons. The fourth-order valence-electron chi connectivity index (χ4n) is 6.70. The summed E-state index contributed by atoms with van der Waals surface area (Å²) < 4.78 is 0. The Kier molecular flexibility index (Phi) is 10.6. The average molecular weight is 694 g/mol. The van der Waals surface area contributed by atoms with Gasteiger partial charge in [0.2, 0.25) is 18.0 Å². The van der Waals surface area contributed by atoms with Crippen molar-refractivity contribution in [3.63, 3.8) is 0 Å². The highest BCUT2D eigenvalue weighted by atomic mass is 35.5. The minimum atomic E-state index is -1.26. The first kappa shape index (κ1) is 34.2. The van der Waals surface area contributed by atoms with Crippen LogP contribution in [0.2, 0.25) is 10.0 Å². The van der Waals surface area contributed by atoms with Gasteiger partial charge in [-0.25, -0.2) is 4.99 Å². The van der Waals surface area contributed by atoms with E-state index in [1.165, 1.54) is 0 Å². The summed E-state index contributed by atoms with van der Waals surface area (Å²) in [4.78, 5) is 48.1. The number of nitrogens with zero attached hydrogens (tertiary/aromatic N) is 2. The summed E-state index contributed by atoms with van der Waals surface area (Å²) in [6, 6.07) is 30.4. The van der Waals surface area contributed by atoms with Gasteiger partial charge in [0.15, 0.2) is 0 Å². The van der Waals surface area contributed by atoms with E-state index in [-0.39, 0.29) is 13.0 Å². The Morgan fingerprint density at radius 3 is 2.35 bits per heavy atom. The normalized spacial score (nSPS) is 17.2. The minimum Gasteiger partial charge on any atom is -0.369 e. The number of fused-ring (bicyclic) bond motifs is 1. The van der Waals surface area contributed by atoms with Crippen LogP contribution in [0.4, 0.5) is 5.69 Å². The Hall–Kier alpha value is -4.72. The Labute approximate surface area is 296 Å². The van der Waals surface area contributed by atoms with Crippen molar-refractivity contribution in [3.05, 3.63) is 136 Å². The molecule has 3 amide bonds. The molecule has 0 radical (unpaired) electrons. The van der Waals surface area contributed by atoms with Crippen LogP contribution < -0.4 is 16.0 Å². The Balaban J connectivity index is 1.40. The molecule has 0 saturated heterocycles. The summed E-state index contributed by atoms with van der Waals surface area (Å²) in [6.45, 7) is 3.99. The molecule has 9 heteroatoms. The summed E-state index contributed by atoms with van der Waals surface area (Å²) in [6.07, 6.45) is 4.20. The van der Waals surface area contributed by atoms with E-state index >= 15 is 0 Å². The van der Waals surface area contributed by atoms with Gasteiger partial charge in [-0.2, -0.15) is 0 Å². The molecule has 1 fully saturated rings.